The number of ether oxygens (including phenoxy) is 2. The lowest BCUT2D eigenvalue weighted by Crippen LogP contribution is -2.53. The van der Waals surface area contributed by atoms with E-state index < -0.39 is 46.8 Å². The minimum atomic E-state index is -1.54. The summed E-state index contributed by atoms with van der Waals surface area (Å²) < 4.78 is 11.3. The Morgan fingerprint density at radius 1 is 0.846 bits per heavy atom. The van der Waals surface area contributed by atoms with Crippen LogP contribution in [-0.4, -0.2) is 58.9 Å². The normalized spacial score (nSPS) is 28.7. The number of amides is 4. The number of fused-ring (bicyclic) bond motifs is 4. The maximum absolute atomic E-state index is 15.4. The Kier molecular flexibility index (Phi) is 8.73. The highest BCUT2D eigenvalue weighted by Crippen LogP contribution is 2.65. The molecule has 4 fully saturated rings. The Labute approximate surface area is 311 Å². The van der Waals surface area contributed by atoms with Gasteiger partial charge in [0.1, 0.15) is 17.2 Å². The topological polar surface area (TPSA) is 125 Å². The lowest BCUT2D eigenvalue weighted by Gasteiger charge is -2.50. The molecule has 2 saturated carbocycles. The third kappa shape index (κ3) is 5.12. The molecule has 2 aliphatic heterocycles. The standard InChI is InChI=1S/C40H39Cl2N3O7/c1-51-25-12-8-21(9-13-25)40-30(37(48)45(39(40)50)43-32-17-10-22(41)18-31(32)42)20-29-26(35(40)27-14-11-24(46)19-33(27)52-2)15-16-28-34(29)38(49)44(36(28)47)23-6-4-3-5-7-23/h8-15,17-19,23,28-30,34-35,43,46H,3-7,16,20H2,1-2H3/t28-,29+,30-,34-,35+,40+/m0/s1. The second kappa shape index (κ2) is 13.1. The van der Waals surface area contributed by atoms with Crippen molar-refractivity contribution in [2.75, 3.05) is 19.6 Å². The summed E-state index contributed by atoms with van der Waals surface area (Å²) in [6.45, 7) is 0. The number of aromatic hydroxyl groups is 1. The number of rotatable bonds is 7. The Bertz CT molecular complexity index is 2010. The number of nitrogens with zero attached hydrogens (tertiary/aromatic N) is 2. The van der Waals surface area contributed by atoms with Crippen LogP contribution >= 0.6 is 23.2 Å². The maximum atomic E-state index is 15.4. The number of imide groups is 2. The fourth-order valence-corrected chi connectivity index (χ4v) is 10.3. The van der Waals surface area contributed by atoms with Gasteiger partial charge in [0.2, 0.25) is 11.8 Å². The van der Waals surface area contributed by atoms with Crippen LogP contribution in [0.1, 0.15) is 62.0 Å². The molecule has 5 aliphatic rings. The molecule has 270 valence electrons. The van der Waals surface area contributed by atoms with Gasteiger partial charge in [-0.15, -0.1) is 0 Å². The molecular weight excluding hydrogens is 705 g/mol. The Balaban J connectivity index is 1.33. The number of hydrazine groups is 1. The quantitative estimate of drug-likeness (QED) is 0.195. The molecule has 12 heteroatoms. The number of carbonyl (C=O) groups is 4. The number of halogens is 2. The summed E-state index contributed by atoms with van der Waals surface area (Å²) in [6, 6.07) is 16.5. The first-order chi connectivity index (χ1) is 25.1. The number of phenols is 1. The van der Waals surface area contributed by atoms with Crippen LogP contribution in [0.3, 0.4) is 0 Å². The Morgan fingerprint density at radius 3 is 2.29 bits per heavy atom. The lowest BCUT2D eigenvalue weighted by molar-refractivity contribution is -0.144. The lowest BCUT2D eigenvalue weighted by atomic mass is 9.49. The van der Waals surface area contributed by atoms with E-state index in [1.54, 1.807) is 49.6 Å². The molecule has 0 aromatic heterocycles. The number of carbonyl (C=O) groups excluding carboxylic acids is 4. The Hall–Kier alpha value is -4.54. The van der Waals surface area contributed by atoms with Crippen molar-refractivity contribution in [3.8, 4) is 17.2 Å². The molecule has 2 N–H and O–H groups in total. The largest absolute Gasteiger partial charge is 0.508 e. The monoisotopic (exact) mass is 743 g/mol. The highest BCUT2D eigenvalue weighted by atomic mass is 35.5. The molecule has 0 bridgehead atoms. The highest BCUT2D eigenvalue weighted by molar-refractivity contribution is 6.36. The second-order valence-electron chi connectivity index (χ2n) is 14.5. The van der Waals surface area contributed by atoms with Crippen LogP contribution in [0.4, 0.5) is 5.69 Å². The molecule has 4 amide bonds. The van der Waals surface area contributed by atoms with Crippen molar-refractivity contribution in [1.82, 2.24) is 9.91 Å². The van der Waals surface area contributed by atoms with Gasteiger partial charge in [0, 0.05) is 28.6 Å². The van der Waals surface area contributed by atoms with Crippen molar-refractivity contribution < 1.29 is 33.8 Å². The molecule has 8 rings (SSSR count). The van der Waals surface area contributed by atoms with Gasteiger partial charge in [-0.2, -0.15) is 5.01 Å². The fourth-order valence-electron chi connectivity index (χ4n) is 9.85. The van der Waals surface area contributed by atoms with E-state index in [0.29, 0.717) is 39.8 Å². The smallest absolute Gasteiger partial charge is 0.260 e. The number of hydrogen-bond donors (Lipinski definition) is 2. The Morgan fingerprint density at radius 2 is 1.60 bits per heavy atom. The average molecular weight is 745 g/mol. The van der Waals surface area contributed by atoms with E-state index in [2.05, 4.69) is 5.43 Å². The van der Waals surface area contributed by atoms with Gasteiger partial charge in [0.25, 0.3) is 11.8 Å². The predicted octanol–water partition coefficient (Wildman–Crippen LogP) is 7.03. The minimum absolute atomic E-state index is 0.0325. The number of likely N-dealkylation sites (tertiary alicyclic amines) is 1. The van der Waals surface area contributed by atoms with E-state index >= 15 is 4.79 Å². The van der Waals surface area contributed by atoms with Gasteiger partial charge in [-0.3, -0.25) is 29.5 Å². The van der Waals surface area contributed by atoms with E-state index in [1.807, 2.05) is 6.08 Å². The first-order valence-electron chi connectivity index (χ1n) is 17.8. The van der Waals surface area contributed by atoms with Gasteiger partial charge in [0.05, 0.1) is 48.1 Å². The summed E-state index contributed by atoms with van der Waals surface area (Å²) in [5.41, 5.74) is 3.73. The molecule has 0 spiro atoms. The summed E-state index contributed by atoms with van der Waals surface area (Å²) in [5, 5.41) is 12.2. The van der Waals surface area contributed by atoms with Gasteiger partial charge in [-0.25, -0.2) is 0 Å². The van der Waals surface area contributed by atoms with E-state index in [1.165, 1.54) is 30.2 Å². The summed E-state index contributed by atoms with van der Waals surface area (Å²) >= 11 is 12.7. The molecule has 10 nitrogen and oxygen atoms in total. The van der Waals surface area contributed by atoms with Crippen LogP contribution < -0.4 is 14.9 Å². The molecule has 3 aromatic rings. The van der Waals surface area contributed by atoms with Crippen molar-refractivity contribution in [1.29, 1.82) is 0 Å². The summed E-state index contributed by atoms with van der Waals surface area (Å²) in [7, 11) is 3.04. The first kappa shape index (κ1) is 34.5. The minimum Gasteiger partial charge on any atom is -0.508 e. The molecule has 2 heterocycles. The molecule has 3 aliphatic carbocycles. The van der Waals surface area contributed by atoms with Crippen molar-refractivity contribution in [2.45, 2.75) is 62.3 Å². The third-order valence-electron chi connectivity index (χ3n) is 12.1. The van der Waals surface area contributed by atoms with Gasteiger partial charge in [-0.05, 0) is 73.6 Å². The van der Waals surface area contributed by atoms with Crippen molar-refractivity contribution >= 4 is 52.5 Å². The van der Waals surface area contributed by atoms with Crippen LogP contribution in [0.15, 0.2) is 72.3 Å². The summed E-state index contributed by atoms with van der Waals surface area (Å²) in [4.78, 5) is 60.5. The van der Waals surface area contributed by atoms with Crippen molar-refractivity contribution in [3.63, 3.8) is 0 Å². The predicted molar refractivity (Wildman–Crippen MR) is 194 cm³/mol. The maximum Gasteiger partial charge on any atom is 0.260 e. The molecule has 2 saturated heterocycles. The number of nitrogens with one attached hydrogen (secondary N) is 1. The molecule has 52 heavy (non-hydrogen) atoms. The van der Waals surface area contributed by atoms with Crippen LogP contribution in [0, 0.1) is 23.7 Å². The second-order valence-corrected chi connectivity index (χ2v) is 15.3. The van der Waals surface area contributed by atoms with E-state index in [4.69, 9.17) is 32.7 Å². The third-order valence-corrected chi connectivity index (χ3v) is 12.6. The number of anilines is 1. The average Bonchev–Trinajstić information content (AvgIpc) is 3.53. The van der Waals surface area contributed by atoms with Gasteiger partial charge in [0.15, 0.2) is 0 Å². The molecule has 0 unspecified atom stereocenters. The molecule has 0 radical (unpaired) electrons. The highest BCUT2D eigenvalue weighted by Gasteiger charge is 2.71. The SMILES string of the molecule is COc1ccc([C@@]23C(=O)N(Nc4ccc(Cl)cc4Cl)C(=O)[C@@H]2C[C@@H]2C(=CC[C@@H]4C(=O)N(C5CCCCC5)C(=O)[C@@H]42)[C@@H]3c2ccc(O)cc2OC)cc1. The molecule has 3 aromatic carbocycles. The zero-order valence-corrected chi connectivity index (χ0v) is 30.3. The van der Waals surface area contributed by atoms with Crippen LogP contribution in [0.25, 0.3) is 0 Å². The van der Waals surface area contributed by atoms with Gasteiger partial charge >= 0.3 is 0 Å². The number of allylic oxidation sites excluding steroid dienone is 2. The number of benzene rings is 3. The van der Waals surface area contributed by atoms with Crippen molar-refractivity contribution in [3.05, 3.63) is 93.5 Å². The molecular formula is C40H39Cl2N3O7. The van der Waals surface area contributed by atoms with Crippen LogP contribution in [-0.2, 0) is 24.6 Å². The zero-order chi connectivity index (χ0) is 36.5. The first-order valence-corrected chi connectivity index (χ1v) is 18.5. The fraction of sp³-hybridized carbons (Fsp3) is 0.400. The molecule has 6 atom stereocenters. The van der Waals surface area contributed by atoms with Crippen LogP contribution in [0.5, 0.6) is 17.2 Å². The van der Waals surface area contributed by atoms with E-state index in [-0.39, 0.29) is 35.0 Å². The van der Waals surface area contributed by atoms with E-state index in [0.717, 1.165) is 42.7 Å². The number of hydrogen-bond acceptors (Lipinski definition) is 8. The van der Waals surface area contributed by atoms with Crippen LogP contribution in [0.2, 0.25) is 10.0 Å². The van der Waals surface area contributed by atoms with Gasteiger partial charge < -0.3 is 14.6 Å². The summed E-state index contributed by atoms with van der Waals surface area (Å²) in [5.74, 6) is -4.00. The number of phenolic OH excluding ortho intramolecular Hbond substituents is 1. The van der Waals surface area contributed by atoms with E-state index in [9.17, 15) is 19.5 Å². The number of methoxy groups -OCH3 is 2. The van der Waals surface area contributed by atoms with Crippen molar-refractivity contribution in [2.24, 2.45) is 23.7 Å². The summed E-state index contributed by atoms with van der Waals surface area (Å²) in [6.07, 6.45) is 7.11. The zero-order valence-electron chi connectivity index (χ0n) is 28.8. The van der Waals surface area contributed by atoms with Gasteiger partial charge in [-0.1, -0.05) is 72.3 Å².